The lowest BCUT2D eigenvalue weighted by Gasteiger charge is -2.15. The average molecular weight is 464 g/mol. The highest BCUT2D eigenvalue weighted by molar-refractivity contribution is 5.90. The Morgan fingerprint density at radius 1 is 0.818 bits per heavy atom. The zero-order chi connectivity index (χ0) is 24.2. The zero-order valence-corrected chi connectivity index (χ0v) is 20.8. The number of hydrogen-bond donors (Lipinski definition) is 2. The van der Waals surface area contributed by atoms with Crippen LogP contribution in [0.15, 0.2) is 24.3 Å². The van der Waals surface area contributed by atoms with Crippen LogP contribution in [0.5, 0.6) is 5.75 Å². The van der Waals surface area contributed by atoms with Crippen LogP contribution < -0.4 is 10.2 Å². The van der Waals surface area contributed by atoms with E-state index in [9.17, 15) is 9.59 Å². The molecule has 1 unspecified atom stereocenters. The van der Waals surface area contributed by atoms with Crippen molar-refractivity contribution in [3.63, 3.8) is 0 Å². The Morgan fingerprint density at radius 3 is 1.82 bits per heavy atom. The second-order valence-corrected chi connectivity index (χ2v) is 8.89. The van der Waals surface area contributed by atoms with E-state index in [0.717, 1.165) is 12.8 Å². The van der Waals surface area contributed by atoms with Gasteiger partial charge in [0.15, 0.2) is 12.0 Å². The molecule has 1 aromatic rings. The van der Waals surface area contributed by atoms with Gasteiger partial charge in [-0.15, -0.1) is 0 Å². The lowest BCUT2D eigenvalue weighted by atomic mass is 10.0. The van der Waals surface area contributed by atoms with Gasteiger partial charge in [-0.3, -0.25) is 4.79 Å². The van der Waals surface area contributed by atoms with Gasteiger partial charge in [0.2, 0.25) is 5.91 Å². The summed E-state index contributed by atoms with van der Waals surface area (Å²) in [5.74, 6) is -1.08. The van der Waals surface area contributed by atoms with Crippen LogP contribution in [-0.2, 0) is 9.68 Å². The molecule has 6 heteroatoms. The van der Waals surface area contributed by atoms with Gasteiger partial charge in [0.05, 0.1) is 0 Å². The number of carboxylic acid groups (broad SMARTS) is 1. The van der Waals surface area contributed by atoms with E-state index in [4.69, 9.17) is 14.9 Å². The molecule has 0 aliphatic heterocycles. The average Bonchev–Trinajstić information content (AvgIpc) is 2.80. The number of aromatic carboxylic acids is 1. The van der Waals surface area contributed by atoms with E-state index in [-0.39, 0.29) is 17.2 Å². The Morgan fingerprint density at radius 2 is 1.30 bits per heavy atom. The largest absolute Gasteiger partial charge is 0.478 e. The van der Waals surface area contributed by atoms with E-state index < -0.39 is 12.2 Å². The van der Waals surface area contributed by atoms with E-state index in [2.05, 4.69) is 12.2 Å². The van der Waals surface area contributed by atoms with Crippen molar-refractivity contribution in [3.05, 3.63) is 29.8 Å². The van der Waals surface area contributed by atoms with Crippen LogP contribution in [0, 0.1) is 0 Å². The highest BCUT2D eigenvalue weighted by atomic mass is 17.2. The molecule has 0 aromatic heterocycles. The first kappa shape index (κ1) is 29.0. The molecule has 188 valence electrons. The highest BCUT2D eigenvalue weighted by Gasteiger charge is 2.14. The molecule has 0 saturated carbocycles. The molecule has 0 spiro atoms. The number of unbranched alkanes of at least 4 members (excludes halogenated alkanes) is 14. The minimum Gasteiger partial charge on any atom is -0.478 e. The minimum atomic E-state index is -1.10. The summed E-state index contributed by atoms with van der Waals surface area (Å²) in [6.45, 7) is 3.91. The van der Waals surface area contributed by atoms with Crippen molar-refractivity contribution >= 4 is 11.9 Å². The summed E-state index contributed by atoms with van der Waals surface area (Å²) in [5.41, 5.74) is 0.00818. The van der Waals surface area contributed by atoms with E-state index >= 15 is 0 Å². The van der Waals surface area contributed by atoms with Crippen LogP contribution in [-0.4, -0.2) is 23.2 Å². The summed E-state index contributed by atoms with van der Waals surface area (Å²) in [6, 6.07) is 6.21. The van der Waals surface area contributed by atoms with Gasteiger partial charge in [-0.25, -0.2) is 4.79 Å². The predicted octanol–water partition coefficient (Wildman–Crippen LogP) is 7.42. The van der Waals surface area contributed by atoms with Gasteiger partial charge in [-0.05, 0) is 25.5 Å². The van der Waals surface area contributed by atoms with E-state index in [1.807, 2.05) is 0 Å². The Kier molecular flexibility index (Phi) is 17.0. The van der Waals surface area contributed by atoms with Gasteiger partial charge in [0.1, 0.15) is 5.56 Å². The number of amides is 1. The fourth-order valence-corrected chi connectivity index (χ4v) is 3.82. The van der Waals surface area contributed by atoms with Gasteiger partial charge < -0.3 is 15.3 Å². The van der Waals surface area contributed by atoms with Gasteiger partial charge in [0, 0.05) is 6.42 Å². The van der Waals surface area contributed by atoms with Crippen LogP contribution in [0.1, 0.15) is 127 Å². The fraction of sp³-hybridized carbons (Fsp3) is 0.704. The third-order valence-corrected chi connectivity index (χ3v) is 5.77. The standard InChI is InChI=1S/C27H45NO5/c1-3-4-5-6-7-8-9-10-11-12-13-14-15-16-17-22-26(29)28-23(2)32-33-25-21-19-18-20-24(25)27(30)31/h18-21,23H,3-17,22H2,1-2H3,(H,28,29)(H,30,31). The van der Waals surface area contributed by atoms with Crippen LogP contribution >= 0.6 is 0 Å². The Hall–Kier alpha value is -2.08. The number of rotatable bonds is 21. The van der Waals surface area contributed by atoms with E-state index in [0.29, 0.717) is 6.42 Å². The molecule has 0 aliphatic carbocycles. The highest BCUT2D eigenvalue weighted by Crippen LogP contribution is 2.18. The maximum atomic E-state index is 12.0. The third kappa shape index (κ3) is 15.4. The second kappa shape index (κ2) is 19.4. The SMILES string of the molecule is CCCCCCCCCCCCCCCCCC(=O)NC(C)OOc1ccccc1C(=O)O. The smallest absolute Gasteiger partial charge is 0.339 e. The van der Waals surface area contributed by atoms with E-state index in [1.54, 1.807) is 19.1 Å². The van der Waals surface area contributed by atoms with Crippen molar-refractivity contribution in [2.45, 2.75) is 123 Å². The maximum Gasteiger partial charge on any atom is 0.339 e. The molecular weight excluding hydrogens is 418 g/mol. The number of para-hydroxylation sites is 1. The summed E-state index contributed by atoms with van der Waals surface area (Å²) in [7, 11) is 0. The predicted molar refractivity (Wildman–Crippen MR) is 132 cm³/mol. The zero-order valence-electron chi connectivity index (χ0n) is 20.8. The molecule has 1 rings (SSSR count). The second-order valence-electron chi connectivity index (χ2n) is 8.89. The Labute approximate surface area is 200 Å². The minimum absolute atomic E-state index is 0.00818. The topological polar surface area (TPSA) is 84.9 Å². The molecule has 1 atom stereocenters. The Bertz CT molecular complexity index is 649. The normalized spacial score (nSPS) is 11.8. The number of nitrogens with one attached hydrogen (secondary N) is 1. The quantitative estimate of drug-likeness (QED) is 0.0857. The molecule has 2 N–H and O–H groups in total. The van der Waals surface area contributed by atoms with Crippen LogP contribution in [0.25, 0.3) is 0 Å². The van der Waals surface area contributed by atoms with E-state index in [1.165, 1.54) is 95.6 Å². The summed E-state index contributed by atoms with van der Waals surface area (Å²) in [5, 5.41) is 11.8. The first-order valence-corrected chi connectivity index (χ1v) is 13.0. The number of benzene rings is 1. The monoisotopic (exact) mass is 463 g/mol. The van der Waals surface area contributed by atoms with Crippen LogP contribution in [0.3, 0.4) is 0 Å². The molecule has 0 aliphatic rings. The molecule has 0 bridgehead atoms. The number of hydrogen-bond acceptors (Lipinski definition) is 4. The number of carbonyl (C=O) groups excluding carboxylic acids is 1. The molecule has 0 radical (unpaired) electrons. The number of carboxylic acids is 1. The summed E-state index contributed by atoms with van der Waals surface area (Å²) in [4.78, 5) is 33.4. The van der Waals surface area contributed by atoms with Crippen molar-refractivity contribution < 1.29 is 24.5 Å². The third-order valence-electron chi connectivity index (χ3n) is 5.77. The van der Waals surface area contributed by atoms with Crippen molar-refractivity contribution in [2.75, 3.05) is 0 Å². The molecule has 1 aromatic carbocycles. The molecule has 0 saturated heterocycles. The molecule has 6 nitrogen and oxygen atoms in total. The van der Waals surface area contributed by atoms with Gasteiger partial charge >= 0.3 is 5.97 Å². The van der Waals surface area contributed by atoms with Crippen LogP contribution in [0.2, 0.25) is 0 Å². The molecule has 33 heavy (non-hydrogen) atoms. The van der Waals surface area contributed by atoms with Gasteiger partial charge in [-0.1, -0.05) is 109 Å². The molecule has 1 amide bonds. The summed E-state index contributed by atoms with van der Waals surface area (Å²) >= 11 is 0. The maximum absolute atomic E-state index is 12.0. The van der Waals surface area contributed by atoms with Gasteiger partial charge in [-0.2, -0.15) is 4.89 Å². The van der Waals surface area contributed by atoms with Crippen molar-refractivity contribution in [1.29, 1.82) is 0 Å². The fourth-order valence-electron chi connectivity index (χ4n) is 3.82. The lowest BCUT2D eigenvalue weighted by Crippen LogP contribution is -2.35. The van der Waals surface area contributed by atoms with Crippen molar-refractivity contribution in [1.82, 2.24) is 5.32 Å². The molecule has 0 heterocycles. The van der Waals surface area contributed by atoms with Crippen molar-refractivity contribution in [3.8, 4) is 5.75 Å². The summed E-state index contributed by atoms with van der Waals surface area (Å²) in [6.07, 6.45) is 19.2. The Balaban J connectivity index is 1.94. The summed E-state index contributed by atoms with van der Waals surface area (Å²) < 4.78 is 0. The van der Waals surface area contributed by atoms with Crippen LogP contribution in [0.4, 0.5) is 0 Å². The first-order chi connectivity index (χ1) is 16.0. The molecular formula is C27H45NO5. The lowest BCUT2D eigenvalue weighted by molar-refractivity contribution is -0.247. The van der Waals surface area contributed by atoms with Crippen molar-refractivity contribution in [2.24, 2.45) is 0 Å². The van der Waals surface area contributed by atoms with Gasteiger partial charge in [0.25, 0.3) is 0 Å². The number of carbonyl (C=O) groups is 2. The first-order valence-electron chi connectivity index (χ1n) is 13.0. The molecule has 0 fully saturated rings.